The molecule has 12 aromatic carbocycles. The number of fused-ring (bicyclic) bond motifs is 6. The zero-order chi connectivity index (χ0) is 51.2. The first-order valence-electron chi connectivity index (χ1n) is 26.1. The number of nitrogens with zero attached hydrogens (tertiary/aromatic N) is 4. The number of para-hydroxylation sites is 4. The van der Waals surface area contributed by atoms with Gasteiger partial charge >= 0.3 is 0 Å². The van der Waals surface area contributed by atoms with Gasteiger partial charge in [0.05, 0.1) is 27.8 Å². The Kier molecular flexibility index (Phi) is 11.5. The lowest BCUT2D eigenvalue weighted by atomic mass is 9.99. The molecule has 0 aliphatic carbocycles. The summed E-state index contributed by atoms with van der Waals surface area (Å²) in [7, 11) is 0. The van der Waals surface area contributed by atoms with Crippen molar-refractivity contribution in [3.8, 4) is 44.8 Å². The molecule has 0 unspecified atom stereocenters. The highest BCUT2D eigenvalue weighted by Crippen LogP contribution is 2.48. The molecule has 0 fully saturated rings. The van der Waals surface area contributed by atoms with Crippen LogP contribution < -0.4 is 9.80 Å². The highest BCUT2D eigenvalue weighted by Gasteiger charge is 2.24. The van der Waals surface area contributed by atoms with Gasteiger partial charge < -0.3 is 18.9 Å². The molecule has 2 aromatic heterocycles. The lowest BCUT2D eigenvalue weighted by molar-refractivity contribution is 1.16. The average Bonchev–Trinajstić information content (AvgIpc) is 4.03. The van der Waals surface area contributed by atoms with Crippen LogP contribution in [0.2, 0.25) is 5.02 Å². The first-order chi connectivity index (χ1) is 38.1. The van der Waals surface area contributed by atoms with E-state index in [1.165, 1.54) is 27.1 Å². The fourth-order valence-electron chi connectivity index (χ4n) is 11.5. The Hall–Kier alpha value is -9.87. The predicted molar refractivity (Wildman–Crippen MR) is 326 cm³/mol. The van der Waals surface area contributed by atoms with Gasteiger partial charge in [-0.25, -0.2) is 0 Å². The summed E-state index contributed by atoms with van der Waals surface area (Å²) in [6.45, 7) is 0. The second-order valence-corrected chi connectivity index (χ2v) is 19.9. The maximum atomic E-state index is 7.01. The molecule has 0 atom stereocenters. The van der Waals surface area contributed by atoms with Gasteiger partial charge in [0.15, 0.2) is 0 Å². The van der Waals surface area contributed by atoms with Crippen molar-refractivity contribution < 1.29 is 0 Å². The molecule has 0 amide bonds. The van der Waals surface area contributed by atoms with Gasteiger partial charge in [-0.2, -0.15) is 0 Å². The predicted octanol–water partition coefficient (Wildman–Crippen LogP) is 20.5. The molecule has 4 nitrogen and oxygen atoms in total. The SMILES string of the molecule is Clc1ccc(N(c2cc(-c3ccccc3)cc(N(c3ccc(-c4ccccc4)cc3)c3cccc(-n4c5ccccc5c5ccccc54)c3)c2)c2cccc(-n3c4ccccc4c4ccccc43)c2)c(-c2ccccc2)c1. The van der Waals surface area contributed by atoms with Crippen molar-refractivity contribution in [3.05, 3.63) is 302 Å². The minimum atomic E-state index is 0.665. The highest BCUT2D eigenvalue weighted by atomic mass is 35.5. The molecular weight excluding hydrogens is 956 g/mol. The van der Waals surface area contributed by atoms with Crippen LogP contribution >= 0.6 is 11.6 Å². The standard InChI is InChI=1S/C72H49ClN4/c73-55-40-43-72(67(46-55)53-24-8-3-9-25-53)75(58-27-19-29-60(48-58)77-70-36-16-12-32-65(70)66-33-13-17-37-71(66)77)62-45-54(51-22-6-2-7-23-51)44-61(49-62)74(56-41-38-52(39-42-56)50-20-4-1-5-21-50)57-26-18-28-59(47-57)76-68-34-14-10-30-63(68)64-31-11-15-35-69(64)76/h1-49H. The number of aromatic nitrogens is 2. The van der Waals surface area contributed by atoms with Crippen molar-refractivity contribution in [1.29, 1.82) is 0 Å². The minimum absolute atomic E-state index is 0.665. The van der Waals surface area contributed by atoms with E-state index in [0.29, 0.717) is 5.02 Å². The smallest absolute Gasteiger partial charge is 0.0541 e. The summed E-state index contributed by atoms with van der Waals surface area (Å²) in [5.41, 5.74) is 19.3. The van der Waals surface area contributed by atoms with Gasteiger partial charge in [-0.05, 0) is 137 Å². The Labute approximate surface area is 452 Å². The van der Waals surface area contributed by atoms with Crippen molar-refractivity contribution in [2.45, 2.75) is 0 Å². The van der Waals surface area contributed by atoms with Crippen molar-refractivity contribution in [2.75, 3.05) is 9.80 Å². The molecule has 0 N–H and O–H groups in total. The van der Waals surface area contributed by atoms with Crippen LogP contribution in [-0.4, -0.2) is 9.13 Å². The summed E-state index contributed by atoms with van der Waals surface area (Å²) in [4.78, 5) is 4.83. The van der Waals surface area contributed by atoms with E-state index < -0.39 is 0 Å². The minimum Gasteiger partial charge on any atom is -0.310 e. The number of hydrogen-bond acceptors (Lipinski definition) is 2. The first-order valence-corrected chi connectivity index (χ1v) is 26.5. The van der Waals surface area contributed by atoms with E-state index in [-0.39, 0.29) is 0 Å². The Balaban J connectivity index is 1.03. The zero-order valence-electron chi connectivity index (χ0n) is 42.0. The van der Waals surface area contributed by atoms with Crippen LogP contribution in [0.15, 0.2) is 297 Å². The van der Waals surface area contributed by atoms with E-state index in [1.807, 2.05) is 6.07 Å². The molecule has 0 aliphatic heterocycles. The maximum absolute atomic E-state index is 7.01. The third kappa shape index (κ3) is 8.29. The van der Waals surface area contributed by atoms with Gasteiger partial charge in [0, 0.05) is 71.9 Å². The summed E-state index contributed by atoms with van der Waals surface area (Å²) in [6.07, 6.45) is 0. The van der Waals surface area contributed by atoms with Crippen LogP contribution in [0.4, 0.5) is 34.1 Å². The summed E-state index contributed by atoms with van der Waals surface area (Å²) in [5.74, 6) is 0. The largest absolute Gasteiger partial charge is 0.310 e. The van der Waals surface area contributed by atoms with E-state index in [0.717, 1.165) is 95.4 Å². The third-order valence-electron chi connectivity index (χ3n) is 14.9. The summed E-state index contributed by atoms with van der Waals surface area (Å²) >= 11 is 7.01. The van der Waals surface area contributed by atoms with Crippen molar-refractivity contribution in [1.82, 2.24) is 9.13 Å². The van der Waals surface area contributed by atoms with Crippen LogP contribution in [0.25, 0.3) is 88.4 Å². The van der Waals surface area contributed by atoms with Gasteiger partial charge in [0.25, 0.3) is 0 Å². The van der Waals surface area contributed by atoms with Crippen molar-refractivity contribution >= 4 is 89.3 Å². The van der Waals surface area contributed by atoms with Crippen molar-refractivity contribution in [3.63, 3.8) is 0 Å². The van der Waals surface area contributed by atoms with E-state index in [1.54, 1.807) is 0 Å². The molecule has 0 spiro atoms. The second kappa shape index (κ2) is 19.4. The number of anilines is 6. The van der Waals surface area contributed by atoms with E-state index in [9.17, 15) is 0 Å². The molecule has 0 saturated carbocycles. The Morgan fingerprint density at radius 3 is 1.14 bits per heavy atom. The van der Waals surface area contributed by atoms with Crippen molar-refractivity contribution in [2.24, 2.45) is 0 Å². The van der Waals surface area contributed by atoms with Crippen LogP contribution in [0.3, 0.4) is 0 Å². The number of benzene rings is 12. The topological polar surface area (TPSA) is 16.3 Å². The van der Waals surface area contributed by atoms with Gasteiger partial charge in [-0.15, -0.1) is 0 Å². The molecule has 2 heterocycles. The quantitative estimate of drug-likeness (QED) is 0.128. The number of rotatable bonds is 11. The molecule has 14 rings (SSSR count). The summed E-state index contributed by atoms with van der Waals surface area (Å²) in [5, 5.41) is 5.55. The zero-order valence-corrected chi connectivity index (χ0v) is 42.7. The molecule has 5 heteroatoms. The third-order valence-corrected chi connectivity index (χ3v) is 15.1. The average molecular weight is 1010 g/mol. The molecule has 0 radical (unpaired) electrons. The lowest BCUT2D eigenvalue weighted by Gasteiger charge is -2.32. The second-order valence-electron chi connectivity index (χ2n) is 19.5. The van der Waals surface area contributed by atoms with E-state index in [2.05, 4.69) is 310 Å². The number of hydrogen-bond donors (Lipinski definition) is 0. The normalized spacial score (nSPS) is 11.4. The van der Waals surface area contributed by atoms with Gasteiger partial charge in [-0.3, -0.25) is 0 Å². The van der Waals surface area contributed by atoms with Crippen LogP contribution in [0.1, 0.15) is 0 Å². The fourth-order valence-corrected chi connectivity index (χ4v) is 11.6. The van der Waals surface area contributed by atoms with Crippen LogP contribution in [0.5, 0.6) is 0 Å². The van der Waals surface area contributed by atoms with Crippen LogP contribution in [-0.2, 0) is 0 Å². The molecule has 364 valence electrons. The first kappa shape index (κ1) is 45.7. The fraction of sp³-hybridized carbons (Fsp3) is 0. The number of halogens is 1. The summed E-state index contributed by atoms with van der Waals surface area (Å²) in [6, 6.07) is 107. The molecular formula is C72H49ClN4. The highest BCUT2D eigenvalue weighted by molar-refractivity contribution is 6.31. The molecule has 0 aliphatic rings. The van der Waals surface area contributed by atoms with Gasteiger partial charge in [-0.1, -0.05) is 200 Å². The molecule has 0 bridgehead atoms. The molecule has 77 heavy (non-hydrogen) atoms. The monoisotopic (exact) mass is 1000 g/mol. The van der Waals surface area contributed by atoms with Gasteiger partial charge in [0.2, 0.25) is 0 Å². The van der Waals surface area contributed by atoms with Gasteiger partial charge in [0.1, 0.15) is 0 Å². The lowest BCUT2D eigenvalue weighted by Crippen LogP contribution is -2.15. The van der Waals surface area contributed by atoms with E-state index >= 15 is 0 Å². The molecule has 0 saturated heterocycles. The van der Waals surface area contributed by atoms with Crippen LogP contribution in [0, 0.1) is 0 Å². The maximum Gasteiger partial charge on any atom is 0.0541 e. The van der Waals surface area contributed by atoms with E-state index in [4.69, 9.17) is 11.6 Å². The Morgan fingerprint density at radius 1 is 0.247 bits per heavy atom. The summed E-state index contributed by atoms with van der Waals surface area (Å²) < 4.78 is 4.79. The molecule has 14 aromatic rings. The Morgan fingerprint density at radius 2 is 0.649 bits per heavy atom. The Bertz CT molecular complexity index is 4360.